The Balaban J connectivity index is 2.35. The average Bonchev–Trinajstić information content (AvgIpc) is 2.41. The van der Waals surface area contributed by atoms with Gasteiger partial charge in [0.15, 0.2) is 0 Å². The summed E-state index contributed by atoms with van der Waals surface area (Å²) in [6, 6.07) is 5.18. The summed E-state index contributed by atoms with van der Waals surface area (Å²) in [4.78, 5) is 18.5. The standard InChI is InChI=1S/C14H19N3O3/c1-16(2)7-10(18)8-17-9-15-13-5-4-11(20-3)6-12(13)14(17)19/h4-6,9-10,18H,7-8H2,1-3H3/t10-/m1/s1. The molecule has 0 saturated heterocycles. The van der Waals surface area contributed by atoms with Crippen molar-refractivity contribution in [3.05, 3.63) is 34.9 Å². The Bertz CT molecular complexity index is 652. The summed E-state index contributed by atoms with van der Waals surface area (Å²) in [6.07, 6.45) is 0.850. The van der Waals surface area contributed by atoms with Crippen LogP contribution in [0.15, 0.2) is 29.3 Å². The summed E-state index contributed by atoms with van der Waals surface area (Å²) in [5.41, 5.74) is 0.445. The molecule has 1 N–H and O–H groups in total. The van der Waals surface area contributed by atoms with E-state index in [1.54, 1.807) is 25.3 Å². The second-order valence-corrected chi connectivity index (χ2v) is 5.00. The molecule has 0 radical (unpaired) electrons. The molecule has 20 heavy (non-hydrogen) atoms. The van der Waals surface area contributed by atoms with E-state index in [0.29, 0.717) is 23.2 Å². The van der Waals surface area contributed by atoms with Crippen molar-refractivity contribution in [2.45, 2.75) is 12.6 Å². The van der Waals surface area contributed by atoms with Gasteiger partial charge in [0.05, 0.1) is 37.0 Å². The van der Waals surface area contributed by atoms with Gasteiger partial charge < -0.3 is 14.7 Å². The Morgan fingerprint density at radius 2 is 2.20 bits per heavy atom. The number of rotatable bonds is 5. The average molecular weight is 277 g/mol. The summed E-state index contributed by atoms with van der Waals surface area (Å²) in [7, 11) is 5.29. The van der Waals surface area contributed by atoms with Crippen LogP contribution in [0.5, 0.6) is 5.75 Å². The molecule has 2 rings (SSSR count). The molecule has 0 aliphatic carbocycles. The van der Waals surface area contributed by atoms with Gasteiger partial charge in [-0.2, -0.15) is 0 Å². The predicted octanol–water partition coefficient (Wildman–Crippen LogP) is 0.328. The van der Waals surface area contributed by atoms with E-state index in [2.05, 4.69) is 4.98 Å². The summed E-state index contributed by atoms with van der Waals surface area (Å²) >= 11 is 0. The van der Waals surface area contributed by atoms with Crippen LogP contribution >= 0.6 is 0 Å². The van der Waals surface area contributed by atoms with Crippen molar-refractivity contribution in [2.75, 3.05) is 27.7 Å². The van der Waals surface area contributed by atoms with Crippen LogP contribution in [0.4, 0.5) is 0 Å². The smallest absolute Gasteiger partial charge is 0.261 e. The van der Waals surface area contributed by atoms with Gasteiger partial charge in [0.1, 0.15) is 5.75 Å². The van der Waals surface area contributed by atoms with E-state index in [-0.39, 0.29) is 12.1 Å². The van der Waals surface area contributed by atoms with Crippen LogP contribution < -0.4 is 10.3 Å². The lowest BCUT2D eigenvalue weighted by Gasteiger charge is -2.17. The van der Waals surface area contributed by atoms with Gasteiger partial charge in [-0.25, -0.2) is 4.98 Å². The minimum Gasteiger partial charge on any atom is -0.497 e. The number of benzene rings is 1. The number of fused-ring (bicyclic) bond motifs is 1. The third-order valence-electron chi connectivity index (χ3n) is 3.01. The Morgan fingerprint density at radius 3 is 2.85 bits per heavy atom. The van der Waals surface area contributed by atoms with E-state index < -0.39 is 6.10 Å². The van der Waals surface area contributed by atoms with E-state index >= 15 is 0 Å². The number of ether oxygens (including phenoxy) is 1. The molecule has 0 bridgehead atoms. The molecule has 1 heterocycles. The molecule has 0 fully saturated rings. The second-order valence-electron chi connectivity index (χ2n) is 5.00. The normalized spacial score (nSPS) is 12.8. The molecule has 0 aliphatic heterocycles. The maximum absolute atomic E-state index is 12.4. The molecule has 0 unspecified atom stereocenters. The van der Waals surface area contributed by atoms with E-state index in [4.69, 9.17) is 4.74 Å². The summed E-state index contributed by atoms with van der Waals surface area (Å²) in [6.45, 7) is 0.708. The first-order valence-corrected chi connectivity index (χ1v) is 6.37. The molecule has 0 aliphatic rings. The highest BCUT2D eigenvalue weighted by Crippen LogP contribution is 2.15. The van der Waals surface area contributed by atoms with E-state index in [0.717, 1.165) is 0 Å². The van der Waals surface area contributed by atoms with Crippen LogP contribution in [0.25, 0.3) is 10.9 Å². The molecule has 1 atom stereocenters. The molecule has 6 heteroatoms. The molecule has 0 spiro atoms. The lowest BCUT2D eigenvalue weighted by atomic mass is 10.2. The second kappa shape index (κ2) is 6.02. The largest absolute Gasteiger partial charge is 0.497 e. The molecule has 108 valence electrons. The zero-order chi connectivity index (χ0) is 14.7. The molecule has 2 aromatic rings. The fourth-order valence-electron chi connectivity index (χ4n) is 2.10. The number of hydrogen-bond donors (Lipinski definition) is 1. The van der Waals surface area contributed by atoms with E-state index in [1.165, 1.54) is 10.9 Å². The first-order valence-electron chi connectivity index (χ1n) is 6.37. The Morgan fingerprint density at radius 1 is 1.45 bits per heavy atom. The van der Waals surface area contributed by atoms with Crippen molar-refractivity contribution in [3.8, 4) is 5.75 Å². The maximum atomic E-state index is 12.4. The van der Waals surface area contributed by atoms with Gasteiger partial charge >= 0.3 is 0 Å². The minimum atomic E-state index is -0.618. The van der Waals surface area contributed by atoms with Gasteiger partial charge in [-0.1, -0.05) is 0 Å². The molecule has 0 saturated carbocycles. The number of hydrogen-bond acceptors (Lipinski definition) is 5. The topological polar surface area (TPSA) is 67.6 Å². The summed E-state index contributed by atoms with van der Waals surface area (Å²) < 4.78 is 6.55. The molecule has 1 aromatic heterocycles. The van der Waals surface area contributed by atoms with Gasteiger partial charge in [-0.3, -0.25) is 9.36 Å². The molecule has 1 aromatic carbocycles. The number of likely N-dealkylation sites (N-methyl/N-ethyl adjacent to an activating group) is 1. The van der Waals surface area contributed by atoms with Gasteiger partial charge in [-0.05, 0) is 32.3 Å². The highest BCUT2D eigenvalue weighted by atomic mass is 16.5. The predicted molar refractivity (Wildman–Crippen MR) is 77.1 cm³/mol. The first-order chi connectivity index (χ1) is 9.51. The fourth-order valence-corrected chi connectivity index (χ4v) is 2.10. The lowest BCUT2D eigenvalue weighted by molar-refractivity contribution is 0.118. The quantitative estimate of drug-likeness (QED) is 0.853. The van der Waals surface area contributed by atoms with Crippen molar-refractivity contribution >= 4 is 10.9 Å². The van der Waals surface area contributed by atoms with Crippen molar-refractivity contribution in [3.63, 3.8) is 0 Å². The SMILES string of the molecule is COc1ccc2ncn(C[C@H](O)CN(C)C)c(=O)c2c1. The number of aliphatic hydroxyl groups excluding tert-OH is 1. The van der Waals surface area contributed by atoms with Crippen LogP contribution in [0, 0.1) is 0 Å². The van der Waals surface area contributed by atoms with Crippen molar-refractivity contribution in [1.29, 1.82) is 0 Å². The summed E-state index contributed by atoms with van der Waals surface area (Å²) in [5.74, 6) is 0.614. The van der Waals surface area contributed by atoms with Gasteiger partial charge in [0.2, 0.25) is 0 Å². The molecular weight excluding hydrogens is 258 g/mol. The van der Waals surface area contributed by atoms with Gasteiger partial charge in [0.25, 0.3) is 5.56 Å². The zero-order valence-corrected chi connectivity index (χ0v) is 11.9. The number of aliphatic hydroxyl groups is 1. The highest BCUT2D eigenvalue weighted by molar-refractivity contribution is 5.78. The van der Waals surface area contributed by atoms with Crippen molar-refractivity contribution in [1.82, 2.24) is 14.5 Å². The molecular formula is C14H19N3O3. The number of aromatic nitrogens is 2. The van der Waals surface area contributed by atoms with Crippen LogP contribution in [-0.4, -0.2) is 53.4 Å². The third-order valence-corrected chi connectivity index (χ3v) is 3.01. The van der Waals surface area contributed by atoms with Crippen molar-refractivity contribution < 1.29 is 9.84 Å². The maximum Gasteiger partial charge on any atom is 0.261 e. The lowest BCUT2D eigenvalue weighted by Crippen LogP contribution is -2.33. The Labute approximate surface area is 117 Å². The van der Waals surface area contributed by atoms with Crippen LogP contribution in [0.3, 0.4) is 0 Å². The monoisotopic (exact) mass is 277 g/mol. The van der Waals surface area contributed by atoms with Crippen LogP contribution in [0.2, 0.25) is 0 Å². The minimum absolute atomic E-state index is 0.174. The molecule has 0 amide bonds. The fraction of sp³-hybridized carbons (Fsp3) is 0.429. The van der Waals surface area contributed by atoms with E-state index in [1.807, 2.05) is 19.0 Å². The van der Waals surface area contributed by atoms with Crippen LogP contribution in [-0.2, 0) is 6.54 Å². The summed E-state index contributed by atoms with van der Waals surface area (Å²) in [5, 5.41) is 10.4. The van der Waals surface area contributed by atoms with Gasteiger partial charge in [0, 0.05) is 6.54 Å². The highest BCUT2D eigenvalue weighted by Gasteiger charge is 2.10. The first kappa shape index (κ1) is 14.5. The van der Waals surface area contributed by atoms with Crippen LogP contribution in [0.1, 0.15) is 0 Å². The van der Waals surface area contributed by atoms with E-state index in [9.17, 15) is 9.90 Å². The number of nitrogens with zero attached hydrogens (tertiary/aromatic N) is 3. The zero-order valence-electron chi connectivity index (χ0n) is 11.9. The Hall–Kier alpha value is -1.92. The van der Waals surface area contributed by atoms with Gasteiger partial charge in [-0.15, -0.1) is 0 Å². The molecule has 6 nitrogen and oxygen atoms in total. The Kier molecular flexibility index (Phi) is 4.36. The number of methoxy groups -OCH3 is 1. The third kappa shape index (κ3) is 3.15. The van der Waals surface area contributed by atoms with Crippen molar-refractivity contribution in [2.24, 2.45) is 0 Å².